The molecule has 0 aliphatic carbocycles. The maximum Gasteiger partial charge on any atom is 0.320 e. The Balaban J connectivity index is 1.67. The molecular weight excluding hydrogens is 332 g/mol. The lowest BCUT2D eigenvalue weighted by atomic mass is 10.2. The number of ether oxygens (including phenoxy) is 1. The lowest BCUT2D eigenvalue weighted by molar-refractivity contribution is -0.142. The van der Waals surface area contributed by atoms with E-state index in [-0.39, 0.29) is 12.5 Å². The summed E-state index contributed by atoms with van der Waals surface area (Å²) >= 11 is 0. The third-order valence-electron chi connectivity index (χ3n) is 4.41. The van der Waals surface area contributed by atoms with Crippen LogP contribution >= 0.6 is 0 Å². The first-order valence-electron chi connectivity index (χ1n) is 8.63. The van der Waals surface area contributed by atoms with Crippen molar-refractivity contribution in [3.63, 3.8) is 0 Å². The van der Waals surface area contributed by atoms with E-state index < -0.39 is 12.0 Å². The van der Waals surface area contributed by atoms with E-state index in [0.29, 0.717) is 30.2 Å². The van der Waals surface area contributed by atoms with Gasteiger partial charge in [-0.15, -0.1) is 0 Å². The van der Waals surface area contributed by atoms with Crippen molar-refractivity contribution in [3.05, 3.63) is 54.1 Å². The number of carboxylic acid groups (broad SMARTS) is 1. The van der Waals surface area contributed by atoms with Crippen LogP contribution in [0.3, 0.4) is 0 Å². The molecule has 0 bridgehead atoms. The van der Waals surface area contributed by atoms with Crippen LogP contribution < -0.4 is 10.1 Å². The van der Waals surface area contributed by atoms with Gasteiger partial charge in [0.05, 0.1) is 12.2 Å². The van der Waals surface area contributed by atoms with E-state index in [1.54, 1.807) is 17.0 Å². The van der Waals surface area contributed by atoms with E-state index in [1.165, 1.54) is 0 Å². The van der Waals surface area contributed by atoms with Crippen LogP contribution in [-0.4, -0.2) is 41.0 Å². The maximum atomic E-state index is 12.4. The Morgan fingerprint density at radius 2 is 1.92 bits per heavy atom. The summed E-state index contributed by atoms with van der Waals surface area (Å²) in [5.41, 5.74) is 1.70. The molecule has 6 nitrogen and oxygen atoms in total. The Morgan fingerprint density at radius 1 is 1.19 bits per heavy atom. The number of anilines is 1. The molecule has 1 heterocycles. The van der Waals surface area contributed by atoms with Crippen LogP contribution in [0, 0.1) is 6.92 Å². The number of hydrogen-bond acceptors (Lipinski definition) is 4. The minimum absolute atomic E-state index is 0.0514. The molecule has 2 aromatic rings. The number of benzene rings is 2. The summed E-state index contributed by atoms with van der Waals surface area (Å²) < 4.78 is 5.87. The molecule has 0 unspecified atom stereocenters. The van der Waals surface area contributed by atoms with Gasteiger partial charge >= 0.3 is 5.97 Å². The van der Waals surface area contributed by atoms with Crippen LogP contribution in [0.2, 0.25) is 0 Å². The van der Waals surface area contributed by atoms with Gasteiger partial charge in [-0.05, 0) is 50.6 Å². The van der Waals surface area contributed by atoms with Crippen LogP contribution in [0.25, 0.3) is 0 Å². The number of likely N-dealkylation sites (tertiary alicyclic amines) is 1. The first-order valence-corrected chi connectivity index (χ1v) is 8.63. The molecule has 0 aromatic heterocycles. The highest BCUT2D eigenvalue weighted by molar-refractivity contribution is 5.94. The van der Waals surface area contributed by atoms with Gasteiger partial charge in [0.25, 0.3) is 0 Å². The molecule has 26 heavy (non-hydrogen) atoms. The second kappa shape index (κ2) is 8.01. The van der Waals surface area contributed by atoms with Crippen molar-refractivity contribution in [3.8, 4) is 11.5 Å². The molecule has 6 heteroatoms. The SMILES string of the molecule is Cc1ccc(Oc2ccccc2NC(=O)CN2CCC[C@@H]2C(=O)O)cc1. The number of nitrogens with one attached hydrogen (secondary N) is 1. The number of amides is 1. The van der Waals surface area contributed by atoms with Crippen molar-refractivity contribution >= 4 is 17.6 Å². The number of hydrogen-bond donors (Lipinski definition) is 2. The van der Waals surface area contributed by atoms with Gasteiger partial charge in [0, 0.05) is 0 Å². The lowest BCUT2D eigenvalue weighted by Gasteiger charge is -2.20. The third-order valence-corrected chi connectivity index (χ3v) is 4.41. The van der Waals surface area contributed by atoms with Gasteiger partial charge in [-0.2, -0.15) is 0 Å². The largest absolute Gasteiger partial charge is 0.480 e. The molecule has 1 aliphatic rings. The fourth-order valence-corrected chi connectivity index (χ4v) is 3.06. The second-order valence-electron chi connectivity index (χ2n) is 6.43. The average molecular weight is 354 g/mol. The van der Waals surface area contributed by atoms with E-state index in [2.05, 4.69) is 5.32 Å². The van der Waals surface area contributed by atoms with E-state index in [9.17, 15) is 14.7 Å². The van der Waals surface area contributed by atoms with E-state index in [4.69, 9.17) is 4.74 Å². The predicted octanol–water partition coefficient (Wildman–Crippen LogP) is 3.27. The molecule has 2 N–H and O–H groups in total. The Labute approximate surface area is 152 Å². The number of nitrogens with zero attached hydrogens (tertiary/aromatic N) is 1. The minimum atomic E-state index is -0.876. The van der Waals surface area contributed by atoms with Crippen molar-refractivity contribution in [2.45, 2.75) is 25.8 Å². The predicted molar refractivity (Wildman–Crippen MR) is 98.6 cm³/mol. The van der Waals surface area contributed by atoms with Gasteiger partial charge in [0.2, 0.25) is 5.91 Å². The summed E-state index contributed by atoms with van der Waals surface area (Å²) in [5, 5.41) is 12.1. The summed E-state index contributed by atoms with van der Waals surface area (Å²) in [6.07, 6.45) is 1.37. The fraction of sp³-hybridized carbons (Fsp3) is 0.300. The molecule has 1 atom stereocenters. The van der Waals surface area contributed by atoms with Crippen LogP contribution in [0.4, 0.5) is 5.69 Å². The van der Waals surface area contributed by atoms with Crippen molar-refractivity contribution in [1.82, 2.24) is 4.90 Å². The van der Waals surface area contributed by atoms with Gasteiger partial charge in [0.1, 0.15) is 11.8 Å². The highest BCUT2D eigenvalue weighted by Gasteiger charge is 2.31. The van der Waals surface area contributed by atoms with Crippen LogP contribution in [0.1, 0.15) is 18.4 Å². The van der Waals surface area contributed by atoms with E-state index in [0.717, 1.165) is 12.0 Å². The molecule has 1 saturated heterocycles. The number of aliphatic carboxylic acids is 1. The van der Waals surface area contributed by atoms with Gasteiger partial charge in [-0.3, -0.25) is 14.5 Å². The molecule has 2 aromatic carbocycles. The van der Waals surface area contributed by atoms with Crippen molar-refractivity contribution in [1.29, 1.82) is 0 Å². The minimum Gasteiger partial charge on any atom is -0.480 e. The molecule has 1 aliphatic heterocycles. The number of para-hydroxylation sites is 2. The van der Waals surface area contributed by atoms with Gasteiger partial charge in [-0.25, -0.2) is 0 Å². The van der Waals surface area contributed by atoms with E-state index >= 15 is 0 Å². The lowest BCUT2D eigenvalue weighted by Crippen LogP contribution is -2.40. The molecular formula is C20H22N2O4. The fourth-order valence-electron chi connectivity index (χ4n) is 3.06. The Kier molecular flexibility index (Phi) is 5.53. The normalized spacial score (nSPS) is 17.0. The monoisotopic (exact) mass is 354 g/mol. The average Bonchev–Trinajstić information content (AvgIpc) is 3.07. The molecule has 0 saturated carbocycles. The quantitative estimate of drug-likeness (QED) is 0.832. The Morgan fingerprint density at radius 3 is 2.65 bits per heavy atom. The highest BCUT2D eigenvalue weighted by atomic mass is 16.5. The number of carbonyl (C=O) groups excluding carboxylic acids is 1. The number of carboxylic acids is 1. The zero-order valence-corrected chi connectivity index (χ0v) is 14.6. The van der Waals surface area contributed by atoms with Crippen LogP contribution in [0.15, 0.2) is 48.5 Å². The summed E-state index contributed by atoms with van der Waals surface area (Å²) in [5.74, 6) is 0.0974. The standard InChI is InChI=1S/C20H22N2O4/c1-14-8-10-15(11-9-14)26-18-7-3-2-5-16(18)21-19(23)13-22-12-4-6-17(22)20(24)25/h2-3,5,7-11,17H,4,6,12-13H2,1H3,(H,21,23)(H,24,25)/t17-/m1/s1. The summed E-state index contributed by atoms with van der Waals surface area (Å²) in [6, 6.07) is 14.3. The molecule has 136 valence electrons. The Hall–Kier alpha value is -2.86. The first-order chi connectivity index (χ1) is 12.5. The maximum absolute atomic E-state index is 12.4. The smallest absolute Gasteiger partial charge is 0.320 e. The zero-order valence-electron chi connectivity index (χ0n) is 14.6. The summed E-state index contributed by atoms with van der Waals surface area (Å²) in [6.45, 7) is 2.67. The Bertz CT molecular complexity index is 789. The van der Waals surface area contributed by atoms with Crippen molar-refractivity contribution in [2.75, 3.05) is 18.4 Å². The number of aryl methyl sites for hydroxylation is 1. The third kappa shape index (κ3) is 4.40. The zero-order chi connectivity index (χ0) is 18.5. The van der Waals surface area contributed by atoms with Gasteiger partial charge < -0.3 is 15.2 Å². The number of carbonyl (C=O) groups is 2. The summed E-state index contributed by atoms with van der Waals surface area (Å²) in [7, 11) is 0. The van der Waals surface area contributed by atoms with Crippen LogP contribution in [0.5, 0.6) is 11.5 Å². The first kappa shape index (κ1) is 17.9. The molecule has 0 radical (unpaired) electrons. The van der Waals surface area contributed by atoms with E-state index in [1.807, 2.05) is 43.3 Å². The second-order valence-corrected chi connectivity index (χ2v) is 6.43. The van der Waals surface area contributed by atoms with Gasteiger partial charge in [0.15, 0.2) is 5.75 Å². The number of rotatable bonds is 6. The molecule has 1 fully saturated rings. The molecule has 1 amide bonds. The highest BCUT2D eigenvalue weighted by Crippen LogP contribution is 2.29. The topological polar surface area (TPSA) is 78.9 Å². The van der Waals surface area contributed by atoms with Crippen LogP contribution in [-0.2, 0) is 9.59 Å². The molecule has 0 spiro atoms. The summed E-state index contributed by atoms with van der Waals surface area (Å²) in [4.78, 5) is 25.3. The van der Waals surface area contributed by atoms with Crippen molar-refractivity contribution in [2.24, 2.45) is 0 Å². The molecule has 3 rings (SSSR count). The van der Waals surface area contributed by atoms with Gasteiger partial charge in [-0.1, -0.05) is 29.8 Å². The van der Waals surface area contributed by atoms with Crippen molar-refractivity contribution < 1.29 is 19.4 Å².